The maximum absolute atomic E-state index is 12.4. The zero-order chi connectivity index (χ0) is 16.4. The molecule has 4 rings (SSSR count). The SMILES string of the molecule is O=C(NCc1ccc2c(c1)OCCO2)N1CCC(C2CCCC2)C1. The number of nitrogens with zero attached hydrogens (tertiary/aromatic N) is 1. The average molecular weight is 330 g/mol. The second-order valence-electron chi connectivity index (χ2n) is 7.18. The molecule has 0 aromatic heterocycles. The van der Waals surface area contributed by atoms with E-state index in [-0.39, 0.29) is 6.03 Å². The van der Waals surface area contributed by atoms with E-state index in [1.165, 1.54) is 32.1 Å². The Bertz CT molecular complexity index is 598. The maximum atomic E-state index is 12.4. The van der Waals surface area contributed by atoms with Crippen LogP contribution in [0.3, 0.4) is 0 Å². The summed E-state index contributed by atoms with van der Waals surface area (Å²) in [5.41, 5.74) is 1.04. The van der Waals surface area contributed by atoms with E-state index in [1.807, 2.05) is 23.1 Å². The smallest absolute Gasteiger partial charge is 0.317 e. The standard InChI is InChI=1S/C19H26N2O3/c22-19(21-8-7-16(13-21)15-3-1-2-4-15)20-12-14-5-6-17-18(11-14)24-10-9-23-17/h5-6,11,15-16H,1-4,7-10,12-13H2,(H,20,22). The van der Waals surface area contributed by atoms with Crippen molar-refractivity contribution in [3.63, 3.8) is 0 Å². The number of fused-ring (bicyclic) bond motifs is 1. The zero-order valence-corrected chi connectivity index (χ0v) is 14.1. The molecule has 0 radical (unpaired) electrons. The summed E-state index contributed by atoms with van der Waals surface area (Å²) < 4.78 is 11.1. The van der Waals surface area contributed by atoms with Crippen molar-refractivity contribution in [2.45, 2.75) is 38.6 Å². The molecule has 1 N–H and O–H groups in total. The molecule has 2 aliphatic heterocycles. The molecule has 130 valence electrons. The zero-order valence-electron chi connectivity index (χ0n) is 14.1. The first-order valence-corrected chi connectivity index (χ1v) is 9.21. The Morgan fingerprint density at radius 2 is 1.88 bits per heavy atom. The van der Waals surface area contributed by atoms with Gasteiger partial charge in [0.25, 0.3) is 0 Å². The Labute approximate surface area is 143 Å². The van der Waals surface area contributed by atoms with Gasteiger partial charge in [0.05, 0.1) is 0 Å². The number of rotatable bonds is 3. The van der Waals surface area contributed by atoms with Gasteiger partial charge in [-0.1, -0.05) is 31.7 Å². The molecule has 2 heterocycles. The van der Waals surface area contributed by atoms with Gasteiger partial charge >= 0.3 is 6.03 Å². The monoisotopic (exact) mass is 330 g/mol. The molecule has 1 aromatic rings. The molecule has 0 bridgehead atoms. The lowest BCUT2D eigenvalue weighted by atomic mass is 9.90. The summed E-state index contributed by atoms with van der Waals surface area (Å²) in [5.74, 6) is 3.12. The van der Waals surface area contributed by atoms with Crippen molar-refractivity contribution in [1.29, 1.82) is 0 Å². The van der Waals surface area contributed by atoms with Crippen LogP contribution in [0.5, 0.6) is 11.5 Å². The van der Waals surface area contributed by atoms with Crippen LogP contribution in [-0.2, 0) is 6.54 Å². The predicted molar refractivity (Wildman–Crippen MR) is 91.3 cm³/mol. The fourth-order valence-corrected chi connectivity index (χ4v) is 4.27. The highest BCUT2D eigenvalue weighted by molar-refractivity contribution is 5.74. The van der Waals surface area contributed by atoms with Crippen LogP contribution in [0.25, 0.3) is 0 Å². The Morgan fingerprint density at radius 1 is 1.08 bits per heavy atom. The number of urea groups is 1. The van der Waals surface area contributed by atoms with Gasteiger partial charge in [-0.25, -0.2) is 4.79 Å². The van der Waals surface area contributed by atoms with E-state index in [2.05, 4.69) is 5.32 Å². The van der Waals surface area contributed by atoms with E-state index in [1.54, 1.807) is 0 Å². The van der Waals surface area contributed by atoms with Gasteiger partial charge in [0.1, 0.15) is 13.2 Å². The molecule has 1 aromatic carbocycles. The van der Waals surface area contributed by atoms with Gasteiger partial charge in [0.2, 0.25) is 0 Å². The number of carbonyl (C=O) groups is 1. The van der Waals surface area contributed by atoms with Crippen molar-refractivity contribution in [3.8, 4) is 11.5 Å². The summed E-state index contributed by atoms with van der Waals surface area (Å²) in [6.45, 7) is 3.53. The van der Waals surface area contributed by atoms with Gasteiger partial charge < -0.3 is 19.7 Å². The van der Waals surface area contributed by atoms with Crippen LogP contribution in [0.4, 0.5) is 4.79 Å². The molecule has 1 saturated heterocycles. The number of hydrogen-bond donors (Lipinski definition) is 1. The minimum Gasteiger partial charge on any atom is -0.486 e. The van der Waals surface area contributed by atoms with Crippen molar-refractivity contribution in [1.82, 2.24) is 10.2 Å². The molecule has 1 aliphatic carbocycles. The van der Waals surface area contributed by atoms with Gasteiger partial charge in [-0.2, -0.15) is 0 Å². The molecular weight excluding hydrogens is 304 g/mol. The van der Waals surface area contributed by atoms with E-state index in [0.29, 0.717) is 25.7 Å². The summed E-state index contributed by atoms with van der Waals surface area (Å²) in [5, 5.41) is 3.05. The van der Waals surface area contributed by atoms with Crippen LogP contribution >= 0.6 is 0 Å². The Kier molecular flexibility index (Phi) is 4.50. The van der Waals surface area contributed by atoms with Gasteiger partial charge in [-0.05, 0) is 36.0 Å². The maximum Gasteiger partial charge on any atom is 0.317 e. The Hall–Kier alpha value is -1.91. The summed E-state index contributed by atoms with van der Waals surface area (Å²) in [4.78, 5) is 14.4. The predicted octanol–water partition coefficient (Wildman–Crippen LogP) is 3.18. The van der Waals surface area contributed by atoms with Gasteiger partial charge in [0, 0.05) is 19.6 Å². The quantitative estimate of drug-likeness (QED) is 0.926. The van der Waals surface area contributed by atoms with Crippen molar-refractivity contribution < 1.29 is 14.3 Å². The molecule has 5 nitrogen and oxygen atoms in total. The summed E-state index contributed by atoms with van der Waals surface area (Å²) >= 11 is 0. The Balaban J connectivity index is 1.29. The van der Waals surface area contributed by atoms with E-state index < -0.39 is 0 Å². The molecule has 1 atom stereocenters. The van der Waals surface area contributed by atoms with E-state index in [0.717, 1.165) is 36.1 Å². The number of likely N-dealkylation sites (tertiary alicyclic amines) is 1. The topological polar surface area (TPSA) is 50.8 Å². The molecule has 2 fully saturated rings. The van der Waals surface area contributed by atoms with Crippen LogP contribution in [0, 0.1) is 11.8 Å². The van der Waals surface area contributed by atoms with Crippen LogP contribution < -0.4 is 14.8 Å². The molecule has 1 saturated carbocycles. The van der Waals surface area contributed by atoms with Gasteiger partial charge in [-0.15, -0.1) is 0 Å². The summed E-state index contributed by atoms with van der Waals surface area (Å²) in [6, 6.07) is 5.92. The first-order chi connectivity index (χ1) is 11.8. The molecule has 1 unspecified atom stereocenters. The van der Waals surface area contributed by atoms with Crippen LogP contribution in [0.2, 0.25) is 0 Å². The third-order valence-electron chi connectivity index (χ3n) is 5.63. The third-order valence-corrected chi connectivity index (χ3v) is 5.63. The lowest BCUT2D eigenvalue weighted by Crippen LogP contribution is -2.38. The van der Waals surface area contributed by atoms with E-state index >= 15 is 0 Å². The van der Waals surface area contributed by atoms with Crippen molar-refractivity contribution in [3.05, 3.63) is 23.8 Å². The fraction of sp³-hybridized carbons (Fsp3) is 0.632. The lowest BCUT2D eigenvalue weighted by Gasteiger charge is -2.21. The number of benzene rings is 1. The van der Waals surface area contributed by atoms with E-state index in [9.17, 15) is 4.79 Å². The van der Waals surface area contributed by atoms with Gasteiger partial charge in [-0.3, -0.25) is 0 Å². The highest BCUT2D eigenvalue weighted by Gasteiger charge is 2.33. The minimum absolute atomic E-state index is 0.0605. The average Bonchev–Trinajstić information content (AvgIpc) is 3.30. The van der Waals surface area contributed by atoms with Gasteiger partial charge in [0.15, 0.2) is 11.5 Å². The highest BCUT2D eigenvalue weighted by atomic mass is 16.6. The number of nitrogens with one attached hydrogen (secondary N) is 1. The molecule has 24 heavy (non-hydrogen) atoms. The molecular formula is C19H26N2O3. The van der Waals surface area contributed by atoms with Crippen LogP contribution in [-0.4, -0.2) is 37.2 Å². The van der Waals surface area contributed by atoms with Crippen LogP contribution in [0.1, 0.15) is 37.7 Å². The summed E-state index contributed by atoms with van der Waals surface area (Å²) in [7, 11) is 0. The van der Waals surface area contributed by atoms with Crippen molar-refractivity contribution >= 4 is 6.03 Å². The molecule has 3 aliphatic rings. The van der Waals surface area contributed by atoms with Crippen molar-refractivity contribution in [2.24, 2.45) is 11.8 Å². The highest BCUT2D eigenvalue weighted by Crippen LogP contribution is 2.36. The largest absolute Gasteiger partial charge is 0.486 e. The Morgan fingerprint density at radius 3 is 2.71 bits per heavy atom. The molecule has 0 spiro atoms. The molecule has 5 heteroatoms. The number of carbonyl (C=O) groups excluding carboxylic acids is 1. The van der Waals surface area contributed by atoms with Crippen molar-refractivity contribution in [2.75, 3.05) is 26.3 Å². The second-order valence-corrected chi connectivity index (χ2v) is 7.18. The normalized spacial score (nSPS) is 23.5. The number of amides is 2. The van der Waals surface area contributed by atoms with Crippen LogP contribution in [0.15, 0.2) is 18.2 Å². The lowest BCUT2D eigenvalue weighted by molar-refractivity contribution is 0.171. The number of ether oxygens (including phenoxy) is 2. The first-order valence-electron chi connectivity index (χ1n) is 9.21. The van der Waals surface area contributed by atoms with E-state index in [4.69, 9.17) is 9.47 Å². The summed E-state index contributed by atoms with van der Waals surface area (Å²) in [6.07, 6.45) is 6.63. The molecule has 2 amide bonds. The third kappa shape index (κ3) is 3.30. The fourth-order valence-electron chi connectivity index (χ4n) is 4.27. The minimum atomic E-state index is 0.0605. The first kappa shape index (κ1) is 15.6. The second kappa shape index (κ2) is 6.91. The number of hydrogen-bond acceptors (Lipinski definition) is 3.